The first-order valence-corrected chi connectivity index (χ1v) is 10.4. The third-order valence-electron chi connectivity index (χ3n) is 5.53. The van der Waals surface area contributed by atoms with Gasteiger partial charge in [-0.05, 0) is 18.9 Å². The van der Waals surface area contributed by atoms with Gasteiger partial charge in [0.1, 0.15) is 16.1 Å². The highest BCUT2D eigenvalue weighted by Crippen LogP contribution is 2.45. The molecule has 1 amide bonds. The van der Waals surface area contributed by atoms with Crippen molar-refractivity contribution in [3.05, 3.63) is 28.2 Å². The van der Waals surface area contributed by atoms with Crippen LogP contribution in [0.5, 0.6) is 0 Å². The summed E-state index contributed by atoms with van der Waals surface area (Å²) >= 11 is 7.25. The molecule has 2 unspecified atom stereocenters. The van der Waals surface area contributed by atoms with Crippen LogP contribution in [0.4, 0.5) is 24.0 Å². The van der Waals surface area contributed by atoms with Crippen LogP contribution in [0.3, 0.4) is 0 Å². The number of alkyl halides is 3. The molecule has 4 heterocycles. The normalized spacial score (nSPS) is 21.6. The Bertz CT molecular complexity index is 1120. The van der Waals surface area contributed by atoms with Gasteiger partial charge in [0.05, 0.1) is 22.7 Å². The van der Waals surface area contributed by atoms with Gasteiger partial charge in [-0.15, -0.1) is 11.3 Å². The zero-order valence-corrected chi connectivity index (χ0v) is 16.8. The second-order valence-corrected chi connectivity index (χ2v) is 8.57. The molecule has 2 atom stereocenters. The van der Waals surface area contributed by atoms with Crippen LogP contribution in [-0.4, -0.2) is 51.2 Å². The average molecular weight is 459 g/mol. The van der Waals surface area contributed by atoms with Gasteiger partial charge in [-0.3, -0.25) is 4.90 Å². The number of amides is 1. The number of carbonyl (C=O) groups is 1. The lowest BCUT2D eigenvalue weighted by molar-refractivity contribution is -0.136. The fraction of sp³-hybridized carbons (Fsp3) is 0.389. The summed E-state index contributed by atoms with van der Waals surface area (Å²) in [7, 11) is 0. The van der Waals surface area contributed by atoms with Gasteiger partial charge < -0.3 is 14.4 Å². The Morgan fingerprint density at radius 2 is 2.00 bits per heavy atom. The van der Waals surface area contributed by atoms with E-state index in [-0.39, 0.29) is 29.2 Å². The Labute approximate surface area is 176 Å². The number of halogens is 4. The molecule has 0 spiro atoms. The lowest BCUT2D eigenvalue weighted by Gasteiger charge is -2.38. The fourth-order valence-corrected chi connectivity index (χ4v) is 5.29. The van der Waals surface area contributed by atoms with Crippen LogP contribution in [-0.2, 0) is 6.18 Å². The van der Waals surface area contributed by atoms with Crippen molar-refractivity contribution in [3.8, 4) is 10.6 Å². The summed E-state index contributed by atoms with van der Waals surface area (Å²) in [6, 6.07) is 0.727. The third-order valence-corrected chi connectivity index (χ3v) is 6.63. The van der Waals surface area contributed by atoms with E-state index >= 15 is 0 Å². The smallest absolute Gasteiger partial charge is 0.420 e. The summed E-state index contributed by atoms with van der Waals surface area (Å²) in [5.41, 5.74) is -1.13. The maximum absolute atomic E-state index is 13.7. The van der Waals surface area contributed by atoms with Crippen LogP contribution in [0, 0.1) is 0 Å². The molecule has 2 aromatic heterocycles. The van der Waals surface area contributed by atoms with Crippen LogP contribution in [0.15, 0.2) is 22.1 Å². The van der Waals surface area contributed by atoms with Crippen LogP contribution < -0.4 is 4.90 Å². The predicted molar refractivity (Wildman–Crippen MR) is 104 cm³/mol. The first-order chi connectivity index (χ1) is 14.2. The van der Waals surface area contributed by atoms with E-state index in [0.29, 0.717) is 36.5 Å². The summed E-state index contributed by atoms with van der Waals surface area (Å²) in [6.07, 6.45) is -2.78. The lowest BCUT2D eigenvalue weighted by atomic mass is 10.1. The van der Waals surface area contributed by atoms with E-state index in [1.165, 1.54) is 28.5 Å². The highest BCUT2D eigenvalue weighted by molar-refractivity contribution is 7.13. The molecule has 1 aromatic carbocycles. The molecule has 158 valence electrons. The van der Waals surface area contributed by atoms with E-state index in [9.17, 15) is 23.1 Å². The lowest BCUT2D eigenvalue weighted by Crippen LogP contribution is -2.55. The summed E-state index contributed by atoms with van der Waals surface area (Å²) < 4.78 is 47.0. The highest BCUT2D eigenvalue weighted by atomic mass is 35.5. The van der Waals surface area contributed by atoms with Crippen molar-refractivity contribution in [1.82, 2.24) is 14.9 Å². The van der Waals surface area contributed by atoms with Crippen LogP contribution >= 0.6 is 22.9 Å². The van der Waals surface area contributed by atoms with E-state index in [1.54, 1.807) is 10.3 Å². The number of aromatic nitrogens is 2. The molecule has 7 nitrogen and oxygen atoms in total. The van der Waals surface area contributed by atoms with Gasteiger partial charge in [-0.2, -0.15) is 18.2 Å². The molecule has 2 saturated heterocycles. The van der Waals surface area contributed by atoms with Crippen molar-refractivity contribution in [2.24, 2.45) is 0 Å². The summed E-state index contributed by atoms with van der Waals surface area (Å²) in [4.78, 5) is 22.9. The summed E-state index contributed by atoms with van der Waals surface area (Å²) in [6.45, 7) is 0.606. The van der Waals surface area contributed by atoms with Crippen molar-refractivity contribution >= 4 is 46.1 Å². The van der Waals surface area contributed by atoms with Gasteiger partial charge >= 0.3 is 12.3 Å². The average Bonchev–Trinajstić information content (AvgIpc) is 3.38. The maximum Gasteiger partial charge on any atom is 0.420 e. The van der Waals surface area contributed by atoms with E-state index in [2.05, 4.69) is 9.97 Å². The van der Waals surface area contributed by atoms with Gasteiger partial charge in [0, 0.05) is 24.7 Å². The summed E-state index contributed by atoms with van der Waals surface area (Å²) in [5.74, 6) is 0. The number of anilines is 1. The van der Waals surface area contributed by atoms with Gasteiger partial charge in [0.2, 0.25) is 0 Å². The zero-order valence-electron chi connectivity index (χ0n) is 15.2. The van der Waals surface area contributed by atoms with Crippen molar-refractivity contribution in [3.63, 3.8) is 0 Å². The van der Waals surface area contributed by atoms with E-state index in [4.69, 9.17) is 16.0 Å². The van der Waals surface area contributed by atoms with Gasteiger partial charge in [0.25, 0.3) is 6.01 Å². The predicted octanol–water partition coefficient (Wildman–Crippen LogP) is 4.95. The number of fused-ring (bicyclic) bond motifs is 3. The molecular weight excluding hydrogens is 445 g/mol. The van der Waals surface area contributed by atoms with Crippen LogP contribution in [0.1, 0.15) is 18.4 Å². The molecule has 2 aliphatic rings. The second kappa shape index (κ2) is 6.74. The minimum absolute atomic E-state index is 0.0255. The number of carboxylic acid groups (broad SMARTS) is 1. The van der Waals surface area contributed by atoms with E-state index in [1.807, 2.05) is 0 Å². The largest absolute Gasteiger partial charge is 0.465 e. The Kier molecular flexibility index (Phi) is 4.37. The SMILES string of the molecule is O=C(O)N1C2CCC1CN(c1nc3c(C(F)(F)F)c(Cl)cc(-c4nccs4)c3o1)C2. The van der Waals surface area contributed by atoms with Crippen molar-refractivity contribution in [2.45, 2.75) is 31.1 Å². The monoisotopic (exact) mass is 458 g/mol. The molecular formula is C18H14ClF3N4O3S. The first kappa shape index (κ1) is 19.4. The molecule has 5 rings (SSSR count). The van der Waals surface area contributed by atoms with Crippen LogP contribution in [0.25, 0.3) is 21.7 Å². The number of rotatable bonds is 2. The number of hydrogen-bond donors (Lipinski definition) is 1. The quantitative estimate of drug-likeness (QED) is 0.584. The molecule has 0 aliphatic carbocycles. The molecule has 0 saturated carbocycles. The zero-order chi connectivity index (χ0) is 21.2. The number of thiazole rings is 1. The minimum Gasteiger partial charge on any atom is -0.465 e. The highest BCUT2D eigenvalue weighted by Gasteiger charge is 2.44. The first-order valence-electron chi connectivity index (χ1n) is 9.10. The molecule has 3 aromatic rings. The second-order valence-electron chi connectivity index (χ2n) is 7.27. The van der Waals surface area contributed by atoms with E-state index in [0.717, 1.165) is 0 Å². The number of benzene rings is 1. The van der Waals surface area contributed by atoms with Gasteiger partial charge in [-0.1, -0.05) is 11.6 Å². The fourth-order valence-electron chi connectivity index (χ4n) is 4.33. The molecule has 2 aliphatic heterocycles. The van der Waals surface area contributed by atoms with Crippen LogP contribution in [0.2, 0.25) is 5.02 Å². The van der Waals surface area contributed by atoms with Crippen molar-refractivity contribution < 1.29 is 27.5 Å². The van der Waals surface area contributed by atoms with Gasteiger partial charge in [-0.25, -0.2) is 9.78 Å². The maximum atomic E-state index is 13.7. The van der Waals surface area contributed by atoms with Crippen molar-refractivity contribution in [2.75, 3.05) is 18.0 Å². The van der Waals surface area contributed by atoms with Gasteiger partial charge in [0.15, 0.2) is 5.58 Å². The summed E-state index contributed by atoms with van der Waals surface area (Å²) in [5, 5.41) is 11.1. The Morgan fingerprint density at radius 3 is 2.57 bits per heavy atom. The molecule has 30 heavy (non-hydrogen) atoms. The number of nitrogens with zero attached hydrogens (tertiary/aromatic N) is 4. The third kappa shape index (κ3) is 2.99. The number of hydrogen-bond acceptors (Lipinski definition) is 6. The number of oxazole rings is 1. The Morgan fingerprint density at radius 1 is 1.30 bits per heavy atom. The standard InChI is InChI=1S/C18H14ClF3N4O3S/c19-11-5-10(15-23-3-4-30-15)14-13(12(11)18(20,21)22)24-16(29-14)25-6-8-1-2-9(7-25)26(8)17(27)28/h3-5,8-9H,1-2,6-7H2,(H,27,28). The molecule has 2 bridgehead atoms. The van der Waals surface area contributed by atoms with Crippen molar-refractivity contribution in [1.29, 1.82) is 0 Å². The molecule has 2 fully saturated rings. The Hall–Kier alpha value is -2.53. The van der Waals surface area contributed by atoms with E-state index < -0.39 is 22.9 Å². The number of piperazine rings is 1. The molecule has 12 heteroatoms. The molecule has 1 N–H and O–H groups in total. The minimum atomic E-state index is -4.72. The molecule has 0 radical (unpaired) electrons. The topological polar surface area (TPSA) is 82.7 Å². The Balaban J connectivity index is 1.63.